The molecule has 0 aliphatic rings. The summed E-state index contributed by atoms with van der Waals surface area (Å²) in [6.45, 7) is 1.88. The third-order valence-corrected chi connectivity index (χ3v) is 2.99. The molecule has 0 radical (unpaired) electrons. The van der Waals surface area contributed by atoms with Crippen molar-refractivity contribution < 1.29 is 0 Å². The molecular weight excluding hydrogens is 236 g/mol. The van der Waals surface area contributed by atoms with Crippen molar-refractivity contribution in [3.8, 4) is 0 Å². The van der Waals surface area contributed by atoms with Gasteiger partial charge in [0.05, 0.1) is 5.69 Å². The van der Waals surface area contributed by atoms with Gasteiger partial charge in [0.25, 0.3) is 0 Å². The number of nitrogens with zero attached hydrogens (tertiary/aromatic N) is 2. The largest absolute Gasteiger partial charge is 0.383 e. The third kappa shape index (κ3) is 2.47. The van der Waals surface area contributed by atoms with Gasteiger partial charge in [0.1, 0.15) is 5.82 Å². The molecule has 17 heavy (non-hydrogen) atoms. The Balaban J connectivity index is 2.40. The van der Waals surface area contributed by atoms with Crippen molar-refractivity contribution >= 4 is 23.4 Å². The zero-order valence-corrected chi connectivity index (χ0v) is 10.2. The van der Waals surface area contributed by atoms with Gasteiger partial charge in [-0.1, -0.05) is 29.8 Å². The lowest BCUT2D eigenvalue weighted by molar-refractivity contribution is 1.01. The summed E-state index contributed by atoms with van der Waals surface area (Å²) < 4.78 is 0. The molecule has 0 aliphatic heterocycles. The van der Waals surface area contributed by atoms with Crippen molar-refractivity contribution in [2.45, 2.75) is 13.3 Å². The number of benzene rings is 1. The van der Waals surface area contributed by atoms with E-state index in [4.69, 9.17) is 23.1 Å². The topological polar surface area (TPSA) is 77.8 Å². The van der Waals surface area contributed by atoms with E-state index in [1.165, 1.54) is 0 Å². The maximum atomic E-state index is 6.10. The molecule has 4 nitrogen and oxygen atoms in total. The highest BCUT2D eigenvalue weighted by atomic mass is 35.5. The fraction of sp³-hybridized carbons (Fsp3) is 0.167. The molecule has 0 unspecified atom stereocenters. The zero-order chi connectivity index (χ0) is 12.4. The minimum Gasteiger partial charge on any atom is -0.383 e. The molecular formula is C12H13ClN4. The second kappa shape index (κ2) is 4.59. The highest BCUT2D eigenvalue weighted by molar-refractivity contribution is 6.31. The molecule has 0 bridgehead atoms. The number of halogens is 1. The predicted octanol–water partition coefficient (Wildman–Crippen LogP) is 2.19. The van der Waals surface area contributed by atoms with E-state index in [1.54, 1.807) is 0 Å². The van der Waals surface area contributed by atoms with Crippen LogP contribution in [0.1, 0.15) is 16.8 Å². The summed E-state index contributed by atoms with van der Waals surface area (Å²) in [7, 11) is 0. The van der Waals surface area contributed by atoms with Crippen LogP contribution in [0.15, 0.2) is 24.3 Å². The van der Waals surface area contributed by atoms with E-state index in [9.17, 15) is 0 Å². The van der Waals surface area contributed by atoms with Crippen molar-refractivity contribution in [3.05, 3.63) is 46.1 Å². The van der Waals surface area contributed by atoms with Crippen LogP contribution >= 0.6 is 11.6 Å². The average Bonchev–Trinajstić information content (AvgIpc) is 2.28. The highest BCUT2D eigenvalue weighted by Crippen LogP contribution is 2.21. The van der Waals surface area contributed by atoms with Crippen LogP contribution in [-0.4, -0.2) is 9.97 Å². The molecule has 1 heterocycles. The summed E-state index contributed by atoms with van der Waals surface area (Å²) >= 11 is 6.10. The highest BCUT2D eigenvalue weighted by Gasteiger charge is 2.09. The van der Waals surface area contributed by atoms with E-state index in [2.05, 4.69) is 9.97 Å². The molecule has 4 N–H and O–H groups in total. The van der Waals surface area contributed by atoms with E-state index >= 15 is 0 Å². The second-order valence-electron chi connectivity index (χ2n) is 3.81. The maximum Gasteiger partial charge on any atom is 0.222 e. The first kappa shape index (κ1) is 11.7. The number of nitrogens with two attached hydrogens (primary N) is 2. The van der Waals surface area contributed by atoms with Gasteiger partial charge in [-0.2, -0.15) is 4.98 Å². The predicted molar refractivity (Wildman–Crippen MR) is 69.9 cm³/mol. The molecule has 0 saturated heterocycles. The van der Waals surface area contributed by atoms with Crippen molar-refractivity contribution in [2.24, 2.45) is 0 Å². The van der Waals surface area contributed by atoms with E-state index in [0.29, 0.717) is 17.3 Å². The molecule has 2 aromatic rings. The Kier molecular flexibility index (Phi) is 3.15. The van der Waals surface area contributed by atoms with Crippen molar-refractivity contribution in [2.75, 3.05) is 11.5 Å². The summed E-state index contributed by atoms with van der Waals surface area (Å²) in [6.07, 6.45) is 0.600. The fourth-order valence-corrected chi connectivity index (χ4v) is 1.80. The first-order chi connectivity index (χ1) is 8.08. The molecule has 0 spiro atoms. The number of rotatable bonds is 2. The standard InChI is InChI=1S/C12H13ClN4/c1-7-10(16-12(15)17-11(7)14)6-8-4-2-3-5-9(8)13/h2-5H,6H2,1H3,(H4,14,15,16,17). The molecule has 1 aromatic heterocycles. The Hall–Kier alpha value is -1.81. The molecule has 2 rings (SSSR count). The first-order valence-electron chi connectivity index (χ1n) is 5.20. The second-order valence-corrected chi connectivity index (χ2v) is 4.21. The monoisotopic (exact) mass is 248 g/mol. The Morgan fingerprint density at radius 1 is 1.18 bits per heavy atom. The van der Waals surface area contributed by atoms with Crippen LogP contribution in [0.5, 0.6) is 0 Å². The summed E-state index contributed by atoms with van der Waals surface area (Å²) in [5.41, 5.74) is 14.0. The van der Waals surface area contributed by atoms with Gasteiger partial charge in [-0.25, -0.2) is 4.98 Å². The van der Waals surface area contributed by atoms with Crippen LogP contribution in [0.4, 0.5) is 11.8 Å². The molecule has 1 aromatic carbocycles. The quantitative estimate of drug-likeness (QED) is 0.854. The van der Waals surface area contributed by atoms with Gasteiger partial charge in [0.15, 0.2) is 0 Å². The third-order valence-electron chi connectivity index (χ3n) is 2.62. The summed E-state index contributed by atoms with van der Waals surface area (Å²) in [6, 6.07) is 7.63. The van der Waals surface area contributed by atoms with Gasteiger partial charge in [-0.3, -0.25) is 0 Å². The van der Waals surface area contributed by atoms with E-state index in [-0.39, 0.29) is 5.95 Å². The number of hydrogen-bond acceptors (Lipinski definition) is 4. The van der Waals surface area contributed by atoms with Gasteiger partial charge in [0, 0.05) is 17.0 Å². The molecule has 0 fully saturated rings. The van der Waals surface area contributed by atoms with Gasteiger partial charge in [-0.15, -0.1) is 0 Å². The summed E-state index contributed by atoms with van der Waals surface area (Å²) in [4.78, 5) is 8.11. The van der Waals surface area contributed by atoms with Gasteiger partial charge < -0.3 is 11.5 Å². The minimum absolute atomic E-state index is 0.190. The smallest absolute Gasteiger partial charge is 0.222 e. The first-order valence-corrected chi connectivity index (χ1v) is 5.57. The zero-order valence-electron chi connectivity index (χ0n) is 9.44. The lowest BCUT2D eigenvalue weighted by atomic mass is 10.1. The van der Waals surface area contributed by atoms with Crippen molar-refractivity contribution in [3.63, 3.8) is 0 Å². The van der Waals surface area contributed by atoms with Crippen LogP contribution in [-0.2, 0) is 6.42 Å². The van der Waals surface area contributed by atoms with Crippen LogP contribution in [0.2, 0.25) is 5.02 Å². The van der Waals surface area contributed by atoms with Crippen LogP contribution in [0.3, 0.4) is 0 Å². The minimum atomic E-state index is 0.190. The lowest BCUT2D eigenvalue weighted by Crippen LogP contribution is -2.07. The van der Waals surface area contributed by atoms with Gasteiger partial charge in [-0.05, 0) is 18.6 Å². The lowest BCUT2D eigenvalue weighted by Gasteiger charge is -2.09. The molecule has 0 saturated carbocycles. The van der Waals surface area contributed by atoms with Gasteiger partial charge >= 0.3 is 0 Å². The summed E-state index contributed by atoms with van der Waals surface area (Å²) in [5.74, 6) is 0.606. The number of aromatic nitrogens is 2. The molecule has 0 amide bonds. The summed E-state index contributed by atoms with van der Waals surface area (Å²) in [5, 5.41) is 0.711. The Bertz CT molecular complexity index is 554. The maximum absolute atomic E-state index is 6.10. The van der Waals surface area contributed by atoms with Crippen molar-refractivity contribution in [1.29, 1.82) is 0 Å². The fourth-order valence-electron chi connectivity index (χ4n) is 1.60. The van der Waals surface area contributed by atoms with E-state index < -0.39 is 0 Å². The van der Waals surface area contributed by atoms with E-state index in [0.717, 1.165) is 16.8 Å². The van der Waals surface area contributed by atoms with Gasteiger partial charge in [0.2, 0.25) is 5.95 Å². The Labute approximate surface area is 105 Å². The Morgan fingerprint density at radius 2 is 1.88 bits per heavy atom. The number of hydrogen-bond donors (Lipinski definition) is 2. The molecule has 0 atom stereocenters. The normalized spacial score (nSPS) is 10.5. The molecule has 88 valence electrons. The molecule has 0 aliphatic carbocycles. The van der Waals surface area contributed by atoms with E-state index in [1.807, 2.05) is 31.2 Å². The SMILES string of the molecule is Cc1c(N)nc(N)nc1Cc1ccccc1Cl. The molecule has 5 heteroatoms. The number of anilines is 2. The number of nitrogen functional groups attached to an aromatic ring is 2. The van der Waals surface area contributed by atoms with Crippen LogP contribution in [0, 0.1) is 6.92 Å². The van der Waals surface area contributed by atoms with Crippen LogP contribution < -0.4 is 11.5 Å². The van der Waals surface area contributed by atoms with Crippen LogP contribution in [0.25, 0.3) is 0 Å². The average molecular weight is 249 g/mol. The Morgan fingerprint density at radius 3 is 2.59 bits per heavy atom. The van der Waals surface area contributed by atoms with Crippen molar-refractivity contribution in [1.82, 2.24) is 9.97 Å².